The standard InChI is InChI=1S/C15H23F2N5.HI/c1-18-14(20-10-12-19-7-9-22(12)13(16)17)21-8-6-15(11-21)4-2-3-5-15;/h7,9,13H,2-6,8,10-11H2,1H3,(H,18,20);1H. The number of halogens is 3. The molecule has 1 aromatic rings. The normalized spacial score (nSPS) is 20.3. The van der Waals surface area contributed by atoms with Crippen LogP contribution in [-0.4, -0.2) is 40.5 Å². The van der Waals surface area contributed by atoms with Crippen molar-refractivity contribution in [3.05, 3.63) is 18.2 Å². The van der Waals surface area contributed by atoms with Crippen molar-refractivity contribution in [1.29, 1.82) is 0 Å². The van der Waals surface area contributed by atoms with Gasteiger partial charge >= 0.3 is 6.55 Å². The summed E-state index contributed by atoms with van der Waals surface area (Å²) in [5.41, 5.74) is 0.457. The van der Waals surface area contributed by atoms with Crippen molar-refractivity contribution in [2.24, 2.45) is 10.4 Å². The van der Waals surface area contributed by atoms with Crippen molar-refractivity contribution in [2.75, 3.05) is 20.1 Å². The number of aliphatic imine (C=N–C) groups is 1. The first-order valence-electron chi connectivity index (χ1n) is 7.89. The lowest BCUT2D eigenvalue weighted by Crippen LogP contribution is -2.41. The molecule has 0 unspecified atom stereocenters. The highest BCUT2D eigenvalue weighted by molar-refractivity contribution is 14.0. The van der Waals surface area contributed by atoms with Gasteiger partial charge in [0.05, 0.1) is 6.54 Å². The predicted octanol–water partition coefficient (Wildman–Crippen LogP) is 3.24. The predicted molar refractivity (Wildman–Crippen MR) is 96.2 cm³/mol. The van der Waals surface area contributed by atoms with Crippen molar-refractivity contribution < 1.29 is 8.78 Å². The van der Waals surface area contributed by atoms with Gasteiger partial charge in [-0.2, -0.15) is 8.78 Å². The smallest absolute Gasteiger partial charge is 0.319 e. The molecule has 130 valence electrons. The molecule has 1 saturated carbocycles. The lowest BCUT2D eigenvalue weighted by atomic mass is 9.86. The van der Waals surface area contributed by atoms with Gasteiger partial charge in [-0.3, -0.25) is 9.56 Å². The van der Waals surface area contributed by atoms with Gasteiger partial charge in [0.25, 0.3) is 0 Å². The second-order valence-electron chi connectivity index (χ2n) is 6.31. The maximum atomic E-state index is 12.8. The highest BCUT2D eigenvalue weighted by atomic mass is 127. The molecule has 0 atom stereocenters. The lowest BCUT2D eigenvalue weighted by Gasteiger charge is -2.25. The van der Waals surface area contributed by atoms with Crippen LogP contribution in [0, 0.1) is 5.41 Å². The first-order chi connectivity index (χ1) is 10.6. The van der Waals surface area contributed by atoms with E-state index in [0.717, 1.165) is 23.6 Å². The molecule has 1 aliphatic carbocycles. The summed E-state index contributed by atoms with van der Waals surface area (Å²) in [6, 6.07) is 0. The van der Waals surface area contributed by atoms with E-state index in [2.05, 4.69) is 20.2 Å². The molecule has 23 heavy (non-hydrogen) atoms. The molecule has 2 fully saturated rings. The fraction of sp³-hybridized carbons (Fsp3) is 0.733. The van der Waals surface area contributed by atoms with Gasteiger partial charge in [0.15, 0.2) is 5.96 Å². The summed E-state index contributed by atoms with van der Waals surface area (Å²) in [5.74, 6) is 1.11. The molecule has 0 amide bonds. The van der Waals surface area contributed by atoms with Gasteiger partial charge in [-0.25, -0.2) is 4.98 Å². The van der Waals surface area contributed by atoms with E-state index in [-0.39, 0.29) is 30.5 Å². The Morgan fingerprint density at radius 2 is 2.13 bits per heavy atom. The van der Waals surface area contributed by atoms with Gasteiger partial charge in [0, 0.05) is 32.5 Å². The molecule has 0 radical (unpaired) electrons. The molecule has 1 spiro atoms. The van der Waals surface area contributed by atoms with Crippen LogP contribution < -0.4 is 5.32 Å². The van der Waals surface area contributed by atoms with E-state index in [1.165, 1.54) is 44.5 Å². The molecule has 0 bridgehead atoms. The minimum Gasteiger partial charge on any atom is -0.349 e. The number of aromatic nitrogens is 2. The minimum atomic E-state index is -2.56. The van der Waals surface area contributed by atoms with Crippen LogP contribution in [0.2, 0.25) is 0 Å². The zero-order valence-corrected chi connectivity index (χ0v) is 15.7. The number of guanidine groups is 1. The highest BCUT2D eigenvalue weighted by Crippen LogP contribution is 2.45. The third kappa shape index (κ3) is 3.95. The molecule has 8 heteroatoms. The second-order valence-corrected chi connectivity index (χ2v) is 6.31. The summed E-state index contributed by atoms with van der Waals surface area (Å²) >= 11 is 0. The van der Waals surface area contributed by atoms with Crippen LogP contribution in [0.5, 0.6) is 0 Å². The molecule has 5 nitrogen and oxygen atoms in total. The van der Waals surface area contributed by atoms with Gasteiger partial charge < -0.3 is 10.2 Å². The van der Waals surface area contributed by atoms with Crippen molar-refractivity contribution >= 4 is 29.9 Å². The Morgan fingerprint density at radius 3 is 2.78 bits per heavy atom. The zero-order chi connectivity index (χ0) is 15.6. The largest absolute Gasteiger partial charge is 0.349 e. The summed E-state index contributed by atoms with van der Waals surface area (Å²) in [7, 11) is 1.74. The van der Waals surface area contributed by atoms with Crippen molar-refractivity contribution in [1.82, 2.24) is 19.8 Å². The molecule has 1 saturated heterocycles. The molecule has 1 aromatic heterocycles. The Labute approximate surface area is 152 Å². The molecule has 1 aliphatic heterocycles. The molecular weight excluding hydrogens is 415 g/mol. The van der Waals surface area contributed by atoms with Crippen LogP contribution in [0.4, 0.5) is 8.78 Å². The monoisotopic (exact) mass is 439 g/mol. The Bertz CT molecular complexity index is 540. The third-order valence-corrected chi connectivity index (χ3v) is 4.98. The van der Waals surface area contributed by atoms with E-state index in [1.54, 1.807) is 7.05 Å². The number of hydrogen-bond donors (Lipinski definition) is 1. The third-order valence-electron chi connectivity index (χ3n) is 4.98. The van der Waals surface area contributed by atoms with Crippen LogP contribution in [-0.2, 0) is 6.54 Å². The fourth-order valence-corrected chi connectivity index (χ4v) is 3.80. The molecular formula is C15H24F2IN5. The van der Waals surface area contributed by atoms with Gasteiger partial charge in [-0.1, -0.05) is 12.8 Å². The summed E-state index contributed by atoms with van der Waals surface area (Å²) in [5, 5.41) is 3.17. The van der Waals surface area contributed by atoms with Crippen LogP contribution in [0.3, 0.4) is 0 Å². The van der Waals surface area contributed by atoms with Gasteiger partial charge in [0.2, 0.25) is 0 Å². The molecule has 2 aliphatic rings. The fourth-order valence-electron chi connectivity index (χ4n) is 3.80. The average molecular weight is 439 g/mol. The number of hydrogen-bond acceptors (Lipinski definition) is 2. The number of nitrogens with one attached hydrogen (secondary N) is 1. The van der Waals surface area contributed by atoms with Gasteiger partial charge in [0.1, 0.15) is 5.82 Å². The maximum Gasteiger partial charge on any atom is 0.319 e. The Kier molecular flexibility index (Phi) is 6.21. The van der Waals surface area contributed by atoms with Crippen molar-refractivity contribution in [3.8, 4) is 0 Å². The molecule has 1 N–H and O–H groups in total. The van der Waals surface area contributed by atoms with Crippen LogP contribution in [0.15, 0.2) is 17.4 Å². The van der Waals surface area contributed by atoms with Crippen LogP contribution in [0.1, 0.15) is 44.5 Å². The molecule has 3 rings (SSSR count). The first-order valence-corrected chi connectivity index (χ1v) is 7.89. The Morgan fingerprint density at radius 1 is 1.39 bits per heavy atom. The molecule has 0 aromatic carbocycles. The summed E-state index contributed by atoms with van der Waals surface area (Å²) < 4.78 is 26.5. The van der Waals surface area contributed by atoms with E-state index >= 15 is 0 Å². The average Bonchev–Trinajstić information content (AvgIpc) is 3.23. The zero-order valence-electron chi connectivity index (χ0n) is 13.3. The van der Waals surface area contributed by atoms with E-state index < -0.39 is 6.55 Å². The number of imidazole rings is 1. The minimum absolute atomic E-state index is 0. The van der Waals surface area contributed by atoms with Crippen LogP contribution >= 0.6 is 24.0 Å². The Hall–Kier alpha value is -0.930. The number of alkyl halides is 2. The highest BCUT2D eigenvalue weighted by Gasteiger charge is 2.41. The molecule has 2 heterocycles. The van der Waals surface area contributed by atoms with E-state index in [0.29, 0.717) is 11.2 Å². The summed E-state index contributed by atoms with van der Waals surface area (Å²) in [4.78, 5) is 10.5. The van der Waals surface area contributed by atoms with Gasteiger partial charge in [-0.15, -0.1) is 24.0 Å². The number of likely N-dealkylation sites (tertiary alicyclic amines) is 1. The summed E-state index contributed by atoms with van der Waals surface area (Å²) in [6.07, 6.45) is 9.16. The van der Waals surface area contributed by atoms with E-state index in [1.807, 2.05) is 0 Å². The van der Waals surface area contributed by atoms with Crippen LogP contribution in [0.25, 0.3) is 0 Å². The number of rotatable bonds is 3. The van der Waals surface area contributed by atoms with Crippen molar-refractivity contribution in [2.45, 2.75) is 45.2 Å². The van der Waals surface area contributed by atoms with Crippen molar-refractivity contribution in [3.63, 3.8) is 0 Å². The maximum absolute atomic E-state index is 12.8. The topological polar surface area (TPSA) is 45.5 Å². The lowest BCUT2D eigenvalue weighted by molar-refractivity contribution is 0.0668. The second kappa shape index (κ2) is 7.76. The van der Waals surface area contributed by atoms with Gasteiger partial charge in [-0.05, 0) is 24.7 Å². The summed E-state index contributed by atoms with van der Waals surface area (Å²) in [6.45, 7) is -0.290. The number of nitrogens with zero attached hydrogens (tertiary/aromatic N) is 4. The quantitative estimate of drug-likeness (QED) is 0.447. The van der Waals surface area contributed by atoms with E-state index in [9.17, 15) is 8.78 Å². The first kappa shape index (κ1) is 18.4. The van der Waals surface area contributed by atoms with E-state index in [4.69, 9.17) is 0 Å². The Balaban J connectivity index is 0.00000192. The SMILES string of the molecule is CN=C(NCc1nccn1C(F)F)N1CCC2(CCCC2)C1.I.